The van der Waals surface area contributed by atoms with E-state index in [1.807, 2.05) is 0 Å². The van der Waals surface area contributed by atoms with Gasteiger partial charge in [0, 0.05) is 11.1 Å². The Morgan fingerprint density at radius 1 is 0.727 bits per heavy atom. The van der Waals surface area contributed by atoms with Crippen LogP contribution in [0.4, 0.5) is 0 Å². The molecule has 33 heavy (non-hydrogen) atoms. The summed E-state index contributed by atoms with van der Waals surface area (Å²) in [6.07, 6.45) is 0. The molecule has 11 heteroatoms. The fourth-order valence-electron chi connectivity index (χ4n) is 3.25. The number of carbonyl (C=O) groups excluding carboxylic acids is 2. The molecule has 0 saturated heterocycles. The molecule has 2 amide bonds. The fraction of sp³-hybridized carbons (Fsp3) is 0.0909. The molecule has 2 aromatic heterocycles. The van der Waals surface area contributed by atoms with Crippen molar-refractivity contribution in [2.45, 2.75) is 13.8 Å². The molecule has 0 radical (unpaired) electrons. The average molecular weight is 506 g/mol. The summed E-state index contributed by atoms with van der Waals surface area (Å²) in [5.74, 6) is -0.864. The smallest absolute Gasteiger partial charge is 0.275 e. The first-order valence-corrected chi connectivity index (χ1v) is 10.7. The van der Waals surface area contributed by atoms with E-state index in [2.05, 4.69) is 21.2 Å². The van der Waals surface area contributed by atoms with Crippen LogP contribution in [0.1, 0.15) is 32.2 Å². The summed E-state index contributed by atoms with van der Waals surface area (Å²) in [4.78, 5) is 25.8. The lowest BCUT2D eigenvalue weighted by atomic mass is 10.1. The number of halogens is 3. The summed E-state index contributed by atoms with van der Waals surface area (Å²) in [5.41, 5.74) is 6.15. The monoisotopic (exact) mass is 504 g/mol. The molecule has 168 valence electrons. The molecular weight excluding hydrogens is 491 g/mol. The van der Waals surface area contributed by atoms with Gasteiger partial charge in [0.2, 0.25) is 0 Å². The molecule has 4 rings (SSSR count). The third kappa shape index (κ3) is 4.32. The molecule has 2 aromatic carbocycles. The number of amides is 2. The summed E-state index contributed by atoms with van der Waals surface area (Å²) in [6, 6.07) is 11.8. The van der Waals surface area contributed by atoms with Gasteiger partial charge in [-0.3, -0.25) is 20.4 Å². The normalized spacial score (nSPS) is 10.8. The molecule has 0 aliphatic carbocycles. The van der Waals surface area contributed by atoms with Gasteiger partial charge in [-0.2, -0.15) is 0 Å². The van der Waals surface area contributed by atoms with Gasteiger partial charge in [0.05, 0.1) is 15.1 Å². The molecule has 2 N–H and O–H groups in total. The Morgan fingerprint density at radius 2 is 1.21 bits per heavy atom. The standard InChI is InChI=1S/C22H15Cl3N4O4/c1-10-16(19(28-32-10)12-6-3-4-7-13(12)23)21(30)26-27-22(31)17-11(2)33-29-20(17)18-14(24)8-5-9-15(18)25/h3-9H,1-2H3,(H,26,30)(H,27,31). The van der Waals surface area contributed by atoms with Crippen molar-refractivity contribution in [3.63, 3.8) is 0 Å². The van der Waals surface area contributed by atoms with Crippen LogP contribution in [-0.2, 0) is 0 Å². The largest absolute Gasteiger partial charge is 0.360 e. The van der Waals surface area contributed by atoms with Gasteiger partial charge in [-0.1, -0.05) is 69.4 Å². The Labute approximate surface area is 202 Å². The van der Waals surface area contributed by atoms with Crippen molar-refractivity contribution in [2.24, 2.45) is 0 Å². The number of hydrazine groups is 1. The van der Waals surface area contributed by atoms with Gasteiger partial charge in [0.15, 0.2) is 0 Å². The first-order chi connectivity index (χ1) is 15.8. The van der Waals surface area contributed by atoms with E-state index in [0.29, 0.717) is 26.2 Å². The predicted octanol–water partition coefficient (Wildman–Crippen LogP) is 5.65. The highest BCUT2D eigenvalue weighted by molar-refractivity contribution is 6.39. The van der Waals surface area contributed by atoms with Crippen LogP contribution in [0.5, 0.6) is 0 Å². The molecule has 2 heterocycles. The molecule has 0 aliphatic heterocycles. The van der Waals surface area contributed by atoms with E-state index < -0.39 is 11.8 Å². The van der Waals surface area contributed by atoms with Crippen molar-refractivity contribution < 1.29 is 18.6 Å². The van der Waals surface area contributed by atoms with Crippen molar-refractivity contribution in [1.29, 1.82) is 0 Å². The van der Waals surface area contributed by atoms with E-state index in [1.54, 1.807) is 56.3 Å². The Hall–Kier alpha value is -3.33. The minimum absolute atomic E-state index is 0.0682. The van der Waals surface area contributed by atoms with Gasteiger partial charge < -0.3 is 9.05 Å². The summed E-state index contributed by atoms with van der Waals surface area (Å²) in [6.45, 7) is 3.13. The number of hydrogen-bond donors (Lipinski definition) is 2. The van der Waals surface area contributed by atoms with Crippen LogP contribution in [0.2, 0.25) is 15.1 Å². The highest BCUT2D eigenvalue weighted by Crippen LogP contribution is 2.36. The van der Waals surface area contributed by atoms with E-state index in [4.69, 9.17) is 43.8 Å². The zero-order chi connectivity index (χ0) is 23.7. The van der Waals surface area contributed by atoms with E-state index in [-0.39, 0.29) is 34.0 Å². The van der Waals surface area contributed by atoms with Gasteiger partial charge >= 0.3 is 0 Å². The zero-order valence-electron chi connectivity index (χ0n) is 17.2. The molecule has 0 atom stereocenters. The minimum atomic E-state index is -0.679. The first kappa shape index (κ1) is 22.8. The SMILES string of the molecule is Cc1onc(-c2ccccc2Cl)c1C(=O)NNC(=O)c1c(-c2c(Cl)cccc2Cl)noc1C. The zero-order valence-corrected chi connectivity index (χ0v) is 19.5. The van der Waals surface area contributed by atoms with Crippen LogP contribution < -0.4 is 10.9 Å². The predicted molar refractivity (Wildman–Crippen MR) is 123 cm³/mol. The summed E-state index contributed by atoms with van der Waals surface area (Å²) >= 11 is 18.7. The summed E-state index contributed by atoms with van der Waals surface area (Å²) in [5, 5.41) is 8.85. The molecule has 0 bridgehead atoms. The van der Waals surface area contributed by atoms with E-state index in [0.717, 1.165) is 0 Å². The fourth-order valence-corrected chi connectivity index (χ4v) is 4.05. The lowest BCUT2D eigenvalue weighted by Gasteiger charge is -2.09. The van der Waals surface area contributed by atoms with Crippen molar-refractivity contribution in [1.82, 2.24) is 21.2 Å². The third-order valence-corrected chi connectivity index (χ3v) is 5.76. The molecule has 4 aromatic rings. The van der Waals surface area contributed by atoms with E-state index >= 15 is 0 Å². The Balaban J connectivity index is 1.60. The second kappa shape index (κ2) is 9.27. The van der Waals surface area contributed by atoms with Crippen molar-refractivity contribution >= 4 is 46.6 Å². The van der Waals surface area contributed by atoms with Crippen LogP contribution in [0.25, 0.3) is 22.5 Å². The highest BCUT2D eigenvalue weighted by atomic mass is 35.5. The molecule has 0 saturated carbocycles. The molecular formula is C22H15Cl3N4O4. The van der Waals surface area contributed by atoms with Crippen LogP contribution in [-0.4, -0.2) is 22.1 Å². The maximum Gasteiger partial charge on any atom is 0.275 e. The van der Waals surface area contributed by atoms with E-state index in [1.165, 1.54) is 0 Å². The maximum atomic E-state index is 12.9. The third-order valence-electron chi connectivity index (χ3n) is 4.80. The molecule has 0 fully saturated rings. The van der Waals surface area contributed by atoms with Crippen LogP contribution in [0.3, 0.4) is 0 Å². The van der Waals surface area contributed by atoms with Crippen molar-refractivity contribution in [2.75, 3.05) is 0 Å². The minimum Gasteiger partial charge on any atom is -0.360 e. The lowest BCUT2D eigenvalue weighted by Crippen LogP contribution is -2.42. The number of aromatic nitrogens is 2. The van der Waals surface area contributed by atoms with Gasteiger partial charge in [0.1, 0.15) is 34.0 Å². The van der Waals surface area contributed by atoms with Gasteiger partial charge in [-0.05, 0) is 32.0 Å². The topological polar surface area (TPSA) is 110 Å². The number of aryl methyl sites for hydroxylation is 2. The van der Waals surface area contributed by atoms with Crippen molar-refractivity contribution in [3.05, 3.63) is 80.2 Å². The van der Waals surface area contributed by atoms with Crippen LogP contribution >= 0.6 is 34.8 Å². The lowest BCUT2D eigenvalue weighted by molar-refractivity contribution is 0.0845. The molecule has 0 unspecified atom stereocenters. The summed E-state index contributed by atoms with van der Waals surface area (Å²) < 4.78 is 10.4. The molecule has 8 nitrogen and oxygen atoms in total. The second-order valence-corrected chi connectivity index (χ2v) is 8.13. The highest BCUT2D eigenvalue weighted by Gasteiger charge is 2.27. The van der Waals surface area contributed by atoms with Gasteiger partial charge in [0.25, 0.3) is 11.8 Å². The average Bonchev–Trinajstić information content (AvgIpc) is 3.35. The number of hydrogen-bond acceptors (Lipinski definition) is 6. The summed E-state index contributed by atoms with van der Waals surface area (Å²) in [7, 11) is 0. The second-order valence-electron chi connectivity index (χ2n) is 6.91. The van der Waals surface area contributed by atoms with Crippen molar-refractivity contribution in [3.8, 4) is 22.5 Å². The van der Waals surface area contributed by atoms with E-state index in [9.17, 15) is 9.59 Å². The Morgan fingerprint density at radius 3 is 1.79 bits per heavy atom. The Bertz CT molecular complexity index is 1360. The number of carbonyl (C=O) groups is 2. The number of nitrogens with one attached hydrogen (secondary N) is 2. The molecule has 0 spiro atoms. The van der Waals surface area contributed by atoms with Crippen LogP contribution in [0, 0.1) is 13.8 Å². The van der Waals surface area contributed by atoms with Crippen LogP contribution in [0.15, 0.2) is 51.5 Å². The maximum absolute atomic E-state index is 12.9. The molecule has 0 aliphatic rings. The number of rotatable bonds is 4. The Kier molecular flexibility index (Phi) is 6.42. The van der Waals surface area contributed by atoms with Gasteiger partial charge in [-0.25, -0.2) is 0 Å². The first-order valence-electron chi connectivity index (χ1n) is 9.52. The number of nitrogens with zero attached hydrogens (tertiary/aromatic N) is 2. The van der Waals surface area contributed by atoms with Gasteiger partial charge in [-0.15, -0.1) is 0 Å². The quantitative estimate of drug-likeness (QED) is 0.347. The number of benzene rings is 2.